The number of carbonyl (C=O) groups excluding carboxylic acids is 2. The second-order valence-electron chi connectivity index (χ2n) is 15.1. The standard InChI is InChI=1S/C41H45Cl2N7O8/c1-41(2,3)58-40(56)49(22-25-13-15-34(52)45-25)20-23-12-14-31(46-38(23)57-5)30-11-7-10-29(37(30)43)28-9-6-8-27(36(28)42)24-16-32-39(55)48(4)33(47-50(32)21-24)19-44-18-26(51)17-35(53)54/h6-12,14,16,21,25-26,44,51H,13,15,17-20,22H2,1-5H3,(H,45,52)(H,53,54)/t25-,26?/m0/s1. The fourth-order valence-corrected chi connectivity index (χ4v) is 7.40. The van der Waals surface area contributed by atoms with E-state index in [0.29, 0.717) is 79.2 Å². The summed E-state index contributed by atoms with van der Waals surface area (Å²) in [5.41, 5.74) is 3.62. The molecule has 306 valence electrons. The summed E-state index contributed by atoms with van der Waals surface area (Å²) in [4.78, 5) is 55.8. The van der Waals surface area contributed by atoms with E-state index in [1.54, 1.807) is 51.0 Å². The number of hydrogen-bond donors (Lipinski definition) is 4. The van der Waals surface area contributed by atoms with E-state index in [1.807, 2.05) is 42.5 Å². The van der Waals surface area contributed by atoms with Crippen molar-refractivity contribution in [2.75, 3.05) is 20.2 Å². The number of aromatic nitrogens is 4. The Kier molecular flexibility index (Phi) is 12.8. The van der Waals surface area contributed by atoms with E-state index >= 15 is 0 Å². The quantitative estimate of drug-likeness (QED) is 0.108. The summed E-state index contributed by atoms with van der Waals surface area (Å²) in [5, 5.41) is 30.0. The number of rotatable bonds is 14. The number of halogens is 2. The van der Waals surface area contributed by atoms with Gasteiger partial charge < -0.3 is 35.2 Å². The molecule has 0 saturated carbocycles. The molecule has 1 aliphatic rings. The third-order valence-corrected chi connectivity index (χ3v) is 10.4. The zero-order valence-electron chi connectivity index (χ0n) is 32.7. The summed E-state index contributed by atoms with van der Waals surface area (Å²) >= 11 is 14.2. The Morgan fingerprint density at radius 2 is 1.72 bits per heavy atom. The number of carboxylic acid groups (broad SMARTS) is 1. The topological polar surface area (TPSA) is 190 Å². The van der Waals surface area contributed by atoms with Crippen LogP contribution in [0.4, 0.5) is 4.79 Å². The number of aliphatic hydroxyl groups is 1. The maximum absolute atomic E-state index is 13.4. The van der Waals surface area contributed by atoms with Crippen LogP contribution in [0.3, 0.4) is 0 Å². The molecule has 5 aromatic rings. The third kappa shape index (κ3) is 9.61. The number of hydrogen-bond acceptors (Lipinski definition) is 10. The van der Waals surface area contributed by atoms with Crippen LogP contribution in [0, 0.1) is 0 Å². The minimum absolute atomic E-state index is 0.0100. The minimum atomic E-state index is -1.11. The molecule has 6 rings (SSSR count). The molecule has 1 aliphatic heterocycles. The predicted molar refractivity (Wildman–Crippen MR) is 219 cm³/mol. The molecule has 1 unspecified atom stereocenters. The lowest BCUT2D eigenvalue weighted by molar-refractivity contribution is -0.139. The number of carbonyl (C=O) groups is 3. The maximum atomic E-state index is 13.4. The fraction of sp³-hybridized carbons (Fsp3) is 0.366. The Hall–Kier alpha value is -5.48. The highest BCUT2D eigenvalue weighted by atomic mass is 35.5. The lowest BCUT2D eigenvalue weighted by atomic mass is 9.97. The van der Waals surface area contributed by atoms with Crippen LogP contribution in [0.1, 0.15) is 51.4 Å². The maximum Gasteiger partial charge on any atom is 0.410 e. The van der Waals surface area contributed by atoms with Gasteiger partial charge in [-0.1, -0.05) is 59.6 Å². The van der Waals surface area contributed by atoms with Crippen molar-refractivity contribution in [3.8, 4) is 39.4 Å². The van der Waals surface area contributed by atoms with Crippen LogP contribution in [-0.2, 0) is 34.5 Å². The molecule has 0 bridgehead atoms. The highest BCUT2D eigenvalue weighted by Gasteiger charge is 2.29. The summed E-state index contributed by atoms with van der Waals surface area (Å²) in [7, 11) is 3.09. The molecule has 2 amide bonds. The van der Waals surface area contributed by atoms with Gasteiger partial charge in [0.1, 0.15) is 16.9 Å². The average molecular weight is 835 g/mol. The van der Waals surface area contributed by atoms with Crippen LogP contribution in [-0.4, -0.2) is 90.2 Å². The number of carboxylic acids is 1. The van der Waals surface area contributed by atoms with E-state index in [0.717, 1.165) is 0 Å². The Morgan fingerprint density at radius 1 is 1.05 bits per heavy atom. The molecule has 4 N–H and O–H groups in total. The molecule has 17 heteroatoms. The van der Waals surface area contributed by atoms with Crippen LogP contribution >= 0.6 is 23.2 Å². The second-order valence-corrected chi connectivity index (χ2v) is 15.8. The lowest BCUT2D eigenvalue weighted by Gasteiger charge is -2.29. The van der Waals surface area contributed by atoms with Crippen LogP contribution in [0.2, 0.25) is 10.0 Å². The fourth-order valence-electron chi connectivity index (χ4n) is 6.73. The number of benzene rings is 2. The van der Waals surface area contributed by atoms with Crippen molar-refractivity contribution in [2.24, 2.45) is 7.05 Å². The molecule has 58 heavy (non-hydrogen) atoms. The van der Waals surface area contributed by atoms with Crippen molar-refractivity contribution in [1.82, 2.24) is 34.7 Å². The molecule has 0 radical (unpaired) electrons. The van der Waals surface area contributed by atoms with Gasteiger partial charge in [0.2, 0.25) is 11.8 Å². The number of nitrogens with one attached hydrogen (secondary N) is 2. The molecule has 0 aliphatic carbocycles. The van der Waals surface area contributed by atoms with Gasteiger partial charge in [0.15, 0.2) is 0 Å². The number of fused-ring (bicyclic) bond motifs is 1. The average Bonchev–Trinajstić information content (AvgIpc) is 3.78. The lowest BCUT2D eigenvalue weighted by Crippen LogP contribution is -2.43. The van der Waals surface area contributed by atoms with Crippen molar-refractivity contribution >= 4 is 46.7 Å². The Labute approximate surface area is 344 Å². The summed E-state index contributed by atoms with van der Waals surface area (Å²) in [6.07, 6.45) is 0.695. The van der Waals surface area contributed by atoms with Gasteiger partial charge in [-0.25, -0.2) is 14.3 Å². The van der Waals surface area contributed by atoms with Crippen molar-refractivity contribution in [1.29, 1.82) is 0 Å². The van der Waals surface area contributed by atoms with Crippen LogP contribution < -0.4 is 20.9 Å². The van der Waals surface area contributed by atoms with Crippen LogP contribution in [0.5, 0.6) is 5.88 Å². The van der Waals surface area contributed by atoms with Crippen molar-refractivity contribution in [3.63, 3.8) is 0 Å². The molecule has 4 heterocycles. The van der Waals surface area contributed by atoms with Gasteiger partial charge in [0, 0.05) is 72.2 Å². The molecule has 0 spiro atoms. The Morgan fingerprint density at radius 3 is 2.36 bits per heavy atom. The van der Waals surface area contributed by atoms with Gasteiger partial charge in [-0.3, -0.25) is 19.0 Å². The van der Waals surface area contributed by atoms with E-state index < -0.39 is 30.2 Å². The zero-order valence-corrected chi connectivity index (χ0v) is 34.2. The summed E-state index contributed by atoms with van der Waals surface area (Å²) in [6.45, 7) is 5.89. The van der Waals surface area contributed by atoms with Gasteiger partial charge >= 0.3 is 12.1 Å². The molecular formula is C41H45Cl2N7O8. The molecule has 15 nitrogen and oxygen atoms in total. The van der Waals surface area contributed by atoms with Gasteiger partial charge in [-0.15, -0.1) is 0 Å². The largest absolute Gasteiger partial charge is 0.481 e. The first-order chi connectivity index (χ1) is 27.5. The predicted octanol–water partition coefficient (Wildman–Crippen LogP) is 5.69. The van der Waals surface area contributed by atoms with Crippen molar-refractivity contribution in [3.05, 3.63) is 92.6 Å². The normalized spacial score (nSPS) is 14.7. The first-order valence-electron chi connectivity index (χ1n) is 18.6. The van der Waals surface area contributed by atoms with Gasteiger partial charge in [-0.05, 0) is 45.4 Å². The number of aliphatic hydroxyl groups excluding tert-OH is 1. The van der Waals surface area contributed by atoms with Gasteiger partial charge in [-0.2, -0.15) is 5.10 Å². The molecule has 1 fully saturated rings. The monoisotopic (exact) mass is 833 g/mol. The highest BCUT2D eigenvalue weighted by Crippen LogP contribution is 2.42. The molecule has 2 atom stereocenters. The Balaban J connectivity index is 1.27. The summed E-state index contributed by atoms with van der Waals surface area (Å²) < 4.78 is 14.3. The third-order valence-electron chi connectivity index (χ3n) is 9.55. The number of pyridine rings is 1. The Bertz CT molecular complexity index is 2430. The molecule has 2 aromatic carbocycles. The number of methoxy groups -OCH3 is 1. The summed E-state index contributed by atoms with van der Waals surface area (Å²) in [5.74, 6) is -0.498. The molecular weight excluding hydrogens is 789 g/mol. The minimum Gasteiger partial charge on any atom is -0.481 e. The second kappa shape index (κ2) is 17.6. The first kappa shape index (κ1) is 42.1. The smallest absolute Gasteiger partial charge is 0.410 e. The highest BCUT2D eigenvalue weighted by molar-refractivity contribution is 6.39. The van der Waals surface area contributed by atoms with E-state index in [2.05, 4.69) is 15.7 Å². The number of amides is 2. The van der Waals surface area contributed by atoms with Crippen molar-refractivity contribution < 1.29 is 34.1 Å². The van der Waals surface area contributed by atoms with Gasteiger partial charge in [0.05, 0.1) is 48.5 Å². The van der Waals surface area contributed by atoms with Crippen molar-refractivity contribution in [2.45, 2.75) is 70.9 Å². The van der Waals surface area contributed by atoms with E-state index in [-0.39, 0.29) is 43.7 Å². The summed E-state index contributed by atoms with van der Waals surface area (Å²) in [6, 6.07) is 16.2. The van der Waals surface area contributed by atoms with Crippen LogP contribution in [0.15, 0.2) is 65.6 Å². The van der Waals surface area contributed by atoms with E-state index in [1.165, 1.54) is 16.2 Å². The molecule has 1 saturated heterocycles. The van der Waals surface area contributed by atoms with Crippen LogP contribution in [0.25, 0.3) is 39.0 Å². The molecule has 3 aromatic heterocycles. The van der Waals surface area contributed by atoms with E-state index in [4.69, 9.17) is 42.8 Å². The van der Waals surface area contributed by atoms with E-state index in [9.17, 15) is 24.3 Å². The zero-order chi connectivity index (χ0) is 41.9. The SMILES string of the molecule is COc1nc(-c2cccc(-c3cccc(-c4cc5c(=O)n(C)c(CNCC(O)CC(=O)O)nn5c4)c3Cl)c2Cl)ccc1CN(C[C@@H]1CCC(=O)N1)C(=O)OC(C)(C)C. The number of aliphatic carboxylic acids is 1. The van der Waals surface area contributed by atoms with Gasteiger partial charge in [0.25, 0.3) is 5.56 Å². The first-order valence-corrected chi connectivity index (χ1v) is 19.4. The number of ether oxygens (including phenoxy) is 2. The number of nitrogens with zero attached hydrogens (tertiary/aromatic N) is 5.